The van der Waals surface area contributed by atoms with E-state index in [-0.39, 0.29) is 11.4 Å². The van der Waals surface area contributed by atoms with Gasteiger partial charge in [-0.1, -0.05) is 6.07 Å². The quantitative estimate of drug-likeness (QED) is 0.924. The maximum atomic E-state index is 13.5. The lowest BCUT2D eigenvalue weighted by Gasteiger charge is -2.18. The fourth-order valence-corrected chi connectivity index (χ4v) is 1.51. The second-order valence-electron chi connectivity index (χ2n) is 5.57. The van der Waals surface area contributed by atoms with Crippen LogP contribution >= 0.6 is 0 Å². The highest BCUT2D eigenvalue weighted by Gasteiger charge is 2.13. The third kappa shape index (κ3) is 3.61. The van der Waals surface area contributed by atoms with E-state index in [1.807, 2.05) is 0 Å². The van der Waals surface area contributed by atoms with Crippen LogP contribution in [0.3, 0.4) is 0 Å². The average Bonchev–Trinajstić information content (AvgIpc) is 2.78. The summed E-state index contributed by atoms with van der Waals surface area (Å²) in [5.74, 6) is 0.556. The van der Waals surface area contributed by atoms with Crippen LogP contribution in [0.5, 0.6) is 0 Å². The van der Waals surface area contributed by atoms with Crippen LogP contribution in [0.15, 0.2) is 22.6 Å². The molecule has 0 radical (unpaired) electrons. The fourth-order valence-electron chi connectivity index (χ4n) is 1.51. The van der Waals surface area contributed by atoms with Crippen molar-refractivity contribution in [1.82, 2.24) is 15.5 Å². The van der Waals surface area contributed by atoms with Gasteiger partial charge in [0.05, 0.1) is 6.54 Å². The summed E-state index contributed by atoms with van der Waals surface area (Å²) in [4.78, 5) is 0. The molecule has 102 valence electrons. The summed E-state index contributed by atoms with van der Waals surface area (Å²) in [6.45, 7) is 8.37. The molecule has 0 fully saturated rings. The molecule has 2 aromatic rings. The first kappa shape index (κ1) is 13.7. The first-order valence-electron chi connectivity index (χ1n) is 6.19. The summed E-state index contributed by atoms with van der Waals surface area (Å²) in [5, 5.41) is 11.1. The van der Waals surface area contributed by atoms with E-state index in [0.29, 0.717) is 29.5 Å². The third-order valence-electron chi connectivity index (χ3n) is 2.66. The number of nitrogens with zero attached hydrogens (tertiary/aromatic N) is 2. The Kier molecular flexibility index (Phi) is 3.66. The molecule has 0 atom stereocenters. The maximum absolute atomic E-state index is 13.5. The van der Waals surface area contributed by atoms with Gasteiger partial charge in [0.25, 0.3) is 0 Å². The molecule has 1 heterocycles. The van der Waals surface area contributed by atoms with Crippen LogP contribution in [0.2, 0.25) is 0 Å². The minimum Gasteiger partial charge on any atom is -0.419 e. The molecule has 19 heavy (non-hydrogen) atoms. The molecule has 0 aliphatic carbocycles. The van der Waals surface area contributed by atoms with Gasteiger partial charge in [0.1, 0.15) is 5.82 Å². The maximum Gasteiger partial charge on any atom is 0.247 e. The predicted molar refractivity (Wildman–Crippen MR) is 71.0 cm³/mol. The number of nitrogens with one attached hydrogen (secondary N) is 1. The zero-order chi connectivity index (χ0) is 14.0. The largest absolute Gasteiger partial charge is 0.419 e. The minimum absolute atomic E-state index is 0.0232. The van der Waals surface area contributed by atoms with E-state index in [0.717, 1.165) is 0 Å². The molecule has 0 saturated carbocycles. The van der Waals surface area contributed by atoms with Crippen LogP contribution in [-0.2, 0) is 6.54 Å². The summed E-state index contributed by atoms with van der Waals surface area (Å²) < 4.78 is 19.0. The Balaban J connectivity index is 2.14. The summed E-state index contributed by atoms with van der Waals surface area (Å²) in [7, 11) is 0. The van der Waals surface area contributed by atoms with Gasteiger partial charge < -0.3 is 9.73 Å². The van der Waals surface area contributed by atoms with E-state index < -0.39 is 0 Å². The van der Waals surface area contributed by atoms with E-state index in [9.17, 15) is 4.39 Å². The number of rotatable bonds is 3. The summed E-state index contributed by atoms with van der Waals surface area (Å²) >= 11 is 0. The molecule has 1 aromatic carbocycles. The Hall–Kier alpha value is -1.75. The van der Waals surface area contributed by atoms with Crippen LogP contribution in [-0.4, -0.2) is 15.7 Å². The first-order valence-corrected chi connectivity index (χ1v) is 6.19. The van der Waals surface area contributed by atoms with Crippen LogP contribution in [0.1, 0.15) is 32.2 Å². The molecule has 0 spiro atoms. The smallest absolute Gasteiger partial charge is 0.247 e. The van der Waals surface area contributed by atoms with E-state index >= 15 is 0 Å². The lowest BCUT2D eigenvalue weighted by Crippen LogP contribution is -2.35. The molecular formula is C14H18FN3O. The standard InChI is InChI=1S/C14H18FN3O/c1-9-5-6-10(7-11(9)15)13-18-17-12(19-13)8-16-14(2,3)4/h5-7,16H,8H2,1-4H3. The van der Waals surface area contributed by atoms with Gasteiger partial charge in [-0.2, -0.15) is 0 Å². The van der Waals surface area contributed by atoms with Gasteiger partial charge in [0.15, 0.2) is 0 Å². The van der Waals surface area contributed by atoms with Crippen molar-refractivity contribution in [1.29, 1.82) is 0 Å². The molecule has 1 N–H and O–H groups in total. The zero-order valence-corrected chi connectivity index (χ0v) is 11.6. The molecule has 0 amide bonds. The van der Waals surface area contributed by atoms with Crippen molar-refractivity contribution in [2.75, 3.05) is 0 Å². The highest BCUT2D eigenvalue weighted by Crippen LogP contribution is 2.20. The molecule has 1 aromatic heterocycles. The van der Waals surface area contributed by atoms with Crippen molar-refractivity contribution in [2.45, 2.75) is 39.8 Å². The SMILES string of the molecule is Cc1ccc(-c2nnc(CNC(C)(C)C)o2)cc1F. The van der Waals surface area contributed by atoms with Crippen molar-refractivity contribution in [2.24, 2.45) is 0 Å². The van der Waals surface area contributed by atoms with Crippen LogP contribution in [0.4, 0.5) is 4.39 Å². The van der Waals surface area contributed by atoms with Gasteiger partial charge in [-0.3, -0.25) is 0 Å². The lowest BCUT2D eigenvalue weighted by molar-refractivity contribution is 0.383. The van der Waals surface area contributed by atoms with Gasteiger partial charge in [0.2, 0.25) is 11.8 Å². The van der Waals surface area contributed by atoms with Gasteiger partial charge in [0, 0.05) is 11.1 Å². The Morgan fingerprint density at radius 3 is 2.63 bits per heavy atom. The zero-order valence-electron chi connectivity index (χ0n) is 11.6. The number of aryl methyl sites for hydroxylation is 1. The van der Waals surface area contributed by atoms with Gasteiger partial charge in [-0.05, 0) is 45.4 Å². The number of halogens is 1. The summed E-state index contributed by atoms with van der Waals surface area (Å²) in [6.07, 6.45) is 0. The summed E-state index contributed by atoms with van der Waals surface area (Å²) in [5.41, 5.74) is 1.17. The van der Waals surface area contributed by atoms with Gasteiger partial charge in [-0.25, -0.2) is 4.39 Å². The van der Waals surface area contributed by atoms with E-state index in [2.05, 4.69) is 36.3 Å². The Morgan fingerprint density at radius 2 is 2.00 bits per heavy atom. The van der Waals surface area contributed by atoms with Crippen molar-refractivity contribution in [3.8, 4) is 11.5 Å². The molecule has 5 heteroatoms. The van der Waals surface area contributed by atoms with Crippen molar-refractivity contribution in [3.63, 3.8) is 0 Å². The number of hydrogen-bond donors (Lipinski definition) is 1. The van der Waals surface area contributed by atoms with Crippen LogP contribution < -0.4 is 5.32 Å². The van der Waals surface area contributed by atoms with Crippen LogP contribution in [0, 0.1) is 12.7 Å². The fraction of sp³-hybridized carbons (Fsp3) is 0.429. The van der Waals surface area contributed by atoms with Gasteiger partial charge >= 0.3 is 0 Å². The Bertz CT molecular complexity index is 572. The van der Waals surface area contributed by atoms with E-state index in [4.69, 9.17) is 4.42 Å². The van der Waals surface area contributed by atoms with Crippen molar-refractivity contribution < 1.29 is 8.81 Å². The number of aromatic nitrogens is 2. The second-order valence-corrected chi connectivity index (χ2v) is 5.57. The van der Waals surface area contributed by atoms with E-state index in [1.54, 1.807) is 19.1 Å². The minimum atomic E-state index is -0.273. The highest BCUT2D eigenvalue weighted by molar-refractivity contribution is 5.53. The molecule has 0 bridgehead atoms. The third-order valence-corrected chi connectivity index (χ3v) is 2.66. The predicted octanol–water partition coefficient (Wildman–Crippen LogP) is 3.07. The molecule has 0 unspecified atom stereocenters. The number of hydrogen-bond acceptors (Lipinski definition) is 4. The monoisotopic (exact) mass is 263 g/mol. The second kappa shape index (κ2) is 5.09. The van der Waals surface area contributed by atoms with Crippen LogP contribution in [0.25, 0.3) is 11.5 Å². The molecule has 0 aliphatic rings. The summed E-state index contributed by atoms with van der Waals surface area (Å²) in [6, 6.07) is 4.87. The Labute approximate surface area is 112 Å². The molecule has 0 saturated heterocycles. The molecular weight excluding hydrogens is 245 g/mol. The molecule has 0 aliphatic heterocycles. The molecule has 2 rings (SSSR count). The highest BCUT2D eigenvalue weighted by atomic mass is 19.1. The van der Waals surface area contributed by atoms with E-state index in [1.165, 1.54) is 6.07 Å². The lowest BCUT2D eigenvalue weighted by atomic mass is 10.1. The average molecular weight is 263 g/mol. The topological polar surface area (TPSA) is 51.0 Å². The first-order chi connectivity index (χ1) is 8.85. The normalized spacial score (nSPS) is 11.8. The Morgan fingerprint density at radius 1 is 1.26 bits per heavy atom. The van der Waals surface area contributed by atoms with Crippen molar-refractivity contribution >= 4 is 0 Å². The van der Waals surface area contributed by atoms with Crippen molar-refractivity contribution in [3.05, 3.63) is 35.5 Å². The number of benzene rings is 1. The molecule has 4 nitrogen and oxygen atoms in total. The van der Waals surface area contributed by atoms with Gasteiger partial charge in [-0.15, -0.1) is 10.2 Å².